The minimum Gasteiger partial charge on any atom is -0.480 e. The maximum Gasteiger partial charge on any atom is 0.391 e. The average Bonchev–Trinajstić information content (AvgIpc) is 2.37. The van der Waals surface area contributed by atoms with Crippen molar-refractivity contribution in [1.82, 2.24) is 5.32 Å². The number of benzene rings is 1. The number of alkyl halides is 3. The van der Waals surface area contributed by atoms with Crippen molar-refractivity contribution in [3.05, 3.63) is 29.3 Å². The maximum atomic E-state index is 12.2. The van der Waals surface area contributed by atoms with E-state index in [1.165, 1.54) is 0 Å². The van der Waals surface area contributed by atoms with Crippen LogP contribution < -0.4 is 5.32 Å². The first kappa shape index (κ1) is 18.3. The topological polar surface area (TPSA) is 66.4 Å². The zero-order chi connectivity index (χ0) is 16.9. The van der Waals surface area contributed by atoms with E-state index < -0.39 is 30.5 Å². The van der Waals surface area contributed by atoms with Crippen molar-refractivity contribution in [1.29, 1.82) is 0 Å². The van der Waals surface area contributed by atoms with Gasteiger partial charge < -0.3 is 10.4 Å². The Labute approximate surface area is 130 Å². The fourth-order valence-electron chi connectivity index (χ4n) is 1.67. The summed E-state index contributed by atoms with van der Waals surface area (Å²) in [5, 5.41) is 10.6. The predicted octanol–water partition coefficient (Wildman–Crippen LogP) is 2.92. The highest BCUT2D eigenvalue weighted by molar-refractivity contribution is 8.00. The molecule has 0 heterocycles. The Bertz CT molecular complexity index is 561. The number of carboxylic acid groups (broad SMARTS) is 1. The van der Waals surface area contributed by atoms with Crippen LogP contribution >= 0.6 is 11.8 Å². The lowest BCUT2D eigenvalue weighted by Crippen LogP contribution is -2.44. The van der Waals surface area contributed by atoms with Crippen LogP contribution in [0, 0.1) is 13.8 Å². The molecule has 22 heavy (non-hydrogen) atoms. The highest BCUT2D eigenvalue weighted by Gasteiger charge is 2.36. The van der Waals surface area contributed by atoms with Crippen LogP contribution in [0.3, 0.4) is 0 Å². The molecule has 0 aliphatic carbocycles. The summed E-state index contributed by atoms with van der Waals surface area (Å²) >= 11 is 1.15. The molecule has 2 N–H and O–H groups in total. The molecular formula is C14H16F3NO3S. The number of halogens is 3. The van der Waals surface area contributed by atoms with Crippen molar-refractivity contribution in [3.8, 4) is 0 Å². The molecule has 0 aromatic heterocycles. The number of thioether (sulfide) groups is 1. The van der Waals surface area contributed by atoms with E-state index in [0.717, 1.165) is 27.8 Å². The summed E-state index contributed by atoms with van der Waals surface area (Å²) in [5.74, 6) is -2.60. The van der Waals surface area contributed by atoms with E-state index in [2.05, 4.69) is 0 Å². The van der Waals surface area contributed by atoms with Gasteiger partial charge in [-0.05, 0) is 25.5 Å². The lowest BCUT2D eigenvalue weighted by atomic mass is 10.2. The molecule has 4 nitrogen and oxygen atoms in total. The molecule has 0 spiro atoms. The maximum absolute atomic E-state index is 12.2. The summed E-state index contributed by atoms with van der Waals surface area (Å²) in [7, 11) is 0. The van der Waals surface area contributed by atoms with Crippen molar-refractivity contribution in [3.63, 3.8) is 0 Å². The number of carbonyl (C=O) groups is 2. The Balaban J connectivity index is 2.61. The molecule has 8 heteroatoms. The summed E-state index contributed by atoms with van der Waals surface area (Å²) in [6.45, 7) is 3.73. The number of amides is 1. The number of hydrogen-bond donors (Lipinski definition) is 2. The number of aliphatic carboxylic acids is 1. The van der Waals surface area contributed by atoms with Gasteiger partial charge in [0.05, 0.1) is 12.2 Å². The molecule has 0 radical (unpaired) electrons. The zero-order valence-corrected chi connectivity index (χ0v) is 12.8. The number of carboxylic acids is 1. The third-order valence-corrected chi connectivity index (χ3v) is 3.93. The Morgan fingerprint density at radius 1 is 1.32 bits per heavy atom. The number of nitrogens with one attached hydrogen (secondary N) is 1. The molecule has 1 atom stereocenters. The van der Waals surface area contributed by atoms with Gasteiger partial charge in [-0.1, -0.05) is 17.7 Å². The SMILES string of the molecule is Cc1ccc(C)c(SCC(=O)NC(CC(F)(F)F)C(=O)O)c1. The van der Waals surface area contributed by atoms with E-state index in [9.17, 15) is 22.8 Å². The summed E-state index contributed by atoms with van der Waals surface area (Å²) in [6, 6.07) is 3.67. The van der Waals surface area contributed by atoms with Gasteiger partial charge in [0, 0.05) is 4.90 Å². The minimum absolute atomic E-state index is 0.147. The van der Waals surface area contributed by atoms with Crippen LogP contribution in [-0.4, -0.2) is 35.0 Å². The van der Waals surface area contributed by atoms with Gasteiger partial charge >= 0.3 is 12.1 Å². The summed E-state index contributed by atoms with van der Waals surface area (Å²) in [6.07, 6.45) is -6.25. The van der Waals surface area contributed by atoms with Gasteiger partial charge in [-0.25, -0.2) is 4.79 Å². The van der Waals surface area contributed by atoms with E-state index in [4.69, 9.17) is 5.11 Å². The van der Waals surface area contributed by atoms with Crippen molar-refractivity contribution < 1.29 is 27.9 Å². The van der Waals surface area contributed by atoms with Crippen molar-refractivity contribution in [2.75, 3.05) is 5.75 Å². The number of carbonyl (C=O) groups excluding carboxylic acids is 1. The second kappa shape index (κ2) is 7.53. The van der Waals surface area contributed by atoms with Gasteiger partial charge in [-0.15, -0.1) is 11.8 Å². The Morgan fingerprint density at radius 3 is 2.50 bits per heavy atom. The number of rotatable bonds is 6. The summed E-state index contributed by atoms with van der Waals surface area (Å²) in [4.78, 5) is 23.2. The van der Waals surface area contributed by atoms with Gasteiger partial charge in [-0.2, -0.15) is 13.2 Å². The van der Waals surface area contributed by atoms with Gasteiger partial charge in [0.15, 0.2) is 0 Å². The third kappa shape index (κ3) is 6.38. The Morgan fingerprint density at radius 2 is 1.95 bits per heavy atom. The van der Waals surface area contributed by atoms with Gasteiger partial charge in [0.25, 0.3) is 0 Å². The Kier molecular flexibility index (Phi) is 6.28. The first-order valence-electron chi connectivity index (χ1n) is 6.37. The predicted molar refractivity (Wildman–Crippen MR) is 76.9 cm³/mol. The molecule has 122 valence electrons. The highest BCUT2D eigenvalue weighted by atomic mass is 32.2. The highest BCUT2D eigenvalue weighted by Crippen LogP contribution is 2.24. The average molecular weight is 335 g/mol. The summed E-state index contributed by atoms with van der Waals surface area (Å²) < 4.78 is 36.7. The van der Waals surface area contributed by atoms with Crippen LogP contribution in [-0.2, 0) is 9.59 Å². The minimum atomic E-state index is -4.66. The van der Waals surface area contributed by atoms with Gasteiger partial charge in [0.2, 0.25) is 5.91 Å². The van der Waals surface area contributed by atoms with Crippen molar-refractivity contribution in [2.45, 2.75) is 37.4 Å². The molecule has 0 aliphatic rings. The fourth-order valence-corrected chi connectivity index (χ4v) is 2.61. The second-order valence-electron chi connectivity index (χ2n) is 4.84. The van der Waals surface area contributed by atoms with E-state index in [1.54, 1.807) is 0 Å². The molecule has 1 rings (SSSR count). The molecule has 1 amide bonds. The van der Waals surface area contributed by atoms with Crippen LogP contribution in [0.2, 0.25) is 0 Å². The normalized spacial score (nSPS) is 12.8. The van der Waals surface area contributed by atoms with Crippen molar-refractivity contribution in [2.24, 2.45) is 0 Å². The second-order valence-corrected chi connectivity index (χ2v) is 5.85. The first-order valence-corrected chi connectivity index (χ1v) is 7.36. The smallest absolute Gasteiger partial charge is 0.391 e. The van der Waals surface area contributed by atoms with Crippen LogP contribution in [0.25, 0.3) is 0 Å². The quantitative estimate of drug-likeness (QED) is 0.785. The van der Waals surface area contributed by atoms with Crippen LogP contribution in [0.4, 0.5) is 13.2 Å². The Hall–Kier alpha value is -1.70. The lowest BCUT2D eigenvalue weighted by Gasteiger charge is -2.16. The first-order chi connectivity index (χ1) is 10.1. The zero-order valence-electron chi connectivity index (χ0n) is 12.0. The van der Waals surface area contributed by atoms with Crippen LogP contribution in [0.5, 0.6) is 0 Å². The van der Waals surface area contributed by atoms with Gasteiger partial charge in [-0.3, -0.25) is 4.79 Å². The standard InChI is InChI=1S/C14H16F3NO3S/c1-8-3-4-9(2)11(5-8)22-7-12(19)18-10(13(20)21)6-14(15,16)17/h3-5,10H,6-7H2,1-2H3,(H,18,19)(H,20,21). The molecule has 1 aromatic carbocycles. The number of hydrogen-bond acceptors (Lipinski definition) is 3. The molecule has 0 fully saturated rings. The van der Waals surface area contributed by atoms with E-state index >= 15 is 0 Å². The van der Waals surface area contributed by atoms with E-state index in [1.807, 2.05) is 37.4 Å². The van der Waals surface area contributed by atoms with Crippen LogP contribution in [0.1, 0.15) is 17.5 Å². The van der Waals surface area contributed by atoms with Gasteiger partial charge in [0.1, 0.15) is 6.04 Å². The molecule has 1 aromatic rings. The van der Waals surface area contributed by atoms with Crippen molar-refractivity contribution >= 4 is 23.6 Å². The molecule has 1 unspecified atom stereocenters. The molecule has 0 saturated carbocycles. The molecule has 0 saturated heterocycles. The van der Waals surface area contributed by atoms with Crippen LogP contribution in [0.15, 0.2) is 23.1 Å². The third-order valence-electron chi connectivity index (χ3n) is 2.77. The largest absolute Gasteiger partial charge is 0.480 e. The van der Waals surface area contributed by atoms with E-state index in [0.29, 0.717) is 0 Å². The lowest BCUT2D eigenvalue weighted by molar-refractivity contribution is -0.159. The van der Waals surface area contributed by atoms with E-state index in [-0.39, 0.29) is 5.75 Å². The number of aryl methyl sites for hydroxylation is 2. The monoisotopic (exact) mass is 335 g/mol. The molecular weight excluding hydrogens is 319 g/mol. The molecule has 0 bridgehead atoms. The summed E-state index contributed by atoms with van der Waals surface area (Å²) in [5.41, 5.74) is 1.93. The fraction of sp³-hybridized carbons (Fsp3) is 0.429. The molecule has 0 aliphatic heterocycles.